The molecule has 0 atom stereocenters. The minimum atomic E-state index is 0.739. The second kappa shape index (κ2) is 6.69. The van der Waals surface area contributed by atoms with Crippen LogP contribution in [0.5, 0.6) is 0 Å². The molecule has 25 heavy (non-hydrogen) atoms. The van der Waals surface area contributed by atoms with E-state index in [9.17, 15) is 0 Å². The number of nitrogens with zero attached hydrogens (tertiary/aromatic N) is 4. The highest BCUT2D eigenvalue weighted by molar-refractivity contribution is 5.79. The van der Waals surface area contributed by atoms with Gasteiger partial charge in [-0.1, -0.05) is 36.4 Å². The van der Waals surface area contributed by atoms with E-state index in [1.54, 1.807) is 0 Å². The number of morpholine rings is 1. The van der Waals surface area contributed by atoms with Crippen molar-refractivity contribution in [3.63, 3.8) is 0 Å². The molecule has 3 heterocycles. The van der Waals surface area contributed by atoms with Crippen LogP contribution < -0.4 is 4.90 Å². The zero-order valence-electron chi connectivity index (χ0n) is 14.5. The highest BCUT2D eigenvalue weighted by Crippen LogP contribution is 2.30. The van der Waals surface area contributed by atoms with Crippen LogP contribution in [0.2, 0.25) is 0 Å². The predicted molar refractivity (Wildman–Crippen MR) is 100 cm³/mol. The van der Waals surface area contributed by atoms with Crippen molar-refractivity contribution in [3.05, 3.63) is 60.4 Å². The molecule has 5 heteroatoms. The standard InChI is InChI=1S/C20H22N4O/c1-3-7-17-15(2)22-19-18(16-8-5-4-6-9-16)14-21-24(19)20(17)23-10-12-25-13-11-23/h3-6,8-9,14H,1,7,10-13H2,2H3. The lowest BCUT2D eigenvalue weighted by Crippen LogP contribution is -2.38. The number of allylic oxidation sites excluding steroid dienone is 1. The second-order valence-electron chi connectivity index (χ2n) is 6.25. The van der Waals surface area contributed by atoms with Gasteiger partial charge < -0.3 is 9.64 Å². The van der Waals surface area contributed by atoms with Crippen LogP contribution in [-0.2, 0) is 11.2 Å². The fourth-order valence-corrected chi connectivity index (χ4v) is 3.43. The van der Waals surface area contributed by atoms with Crippen LogP contribution in [0.15, 0.2) is 49.2 Å². The molecule has 128 valence electrons. The van der Waals surface area contributed by atoms with Gasteiger partial charge in [0.05, 0.1) is 19.4 Å². The molecule has 1 fully saturated rings. The van der Waals surface area contributed by atoms with E-state index in [0.29, 0.717) is 0 Å². The summed E-state index contributed by atoms with van der Waals surface area (Å²) in [5.74, 6) is 1.12. The maximum atomic E-state index is 5.53. The fourth-order valence-electron chi connectivity index (χ4n) is 3.43. The number of benzene rings is 1. The van der Waals surface area contributed by atoms with Crippen LogP contribution in [0.4, 0.5) is 5.82 Å². The Morgan fingerprint density at radius 1 is 1.20 bits per heavy atom. The van der Waals surface area contributed by atoms with Gasteiger partial charge in [0.1, 0.15) is 5.82 Å². The third-order valence-electron chi connectivity index (χ3n) is 4.67. The normalized spacial score (nSPS) is 14.8. The molecule has 0 aliphatic carbocycles. The van der Waals surface area contributed by atoms with Gasteiger partial charge in [-0.05, 0) is 18.9 Å². The van der Waals surface area contributed by atoms with E-state index in [0.717, 1.165) is 61.0 Å². The van der Waals surface area contributed by atoms with Crippen molar-refractivity contribution in [2.45, 2.75) is 13.3 Å². The van der Waals surface area contributed by atoms with Crippen molar-refractivity contribution >= 4 is 11.5 Å². The highest BCUT2D eigenvalue weighted by Gasteiger charge is 2.22. The lowest BCUT2D eigenvalue weighted by molar-refractivity contribution is 0.122. The predicted octanol–water partition coefficient (Wildman–Crippen LogP) is 3.27. The third kappa shape index (κ3) is 2.81. The zero-order valence-corrected chi connectivity index (χ0v) is 14.5. The Bertz CT molecular complexity index is 895. The Labute approximate surface area is 147 Å². The molecule has 5 nitrogen and oxygen atoms in total. The topological polar surface area (TPSA) is 42.7 Å². The maximum Gasteiger partial charge on any atom is 0.165 e. The van der Waals surface area contributed by atoms with Crippen LogP contribution in [0.3, 0.4) is 0 Å². The number of ether oxygens (including phenoxy) is 1. The van der Waals surface area contributed by atoms with E-state index in [1.165, 1.54) is 5.56 Å². The SMILES string of the molecule is C=CCc1c(C)nc2c(-c3ccccc3)cnn2c1N1CCOCC1. The van der Waals surface area contributed by atoms with Gasteiger partial charge in [0, 0.05) is 29.9 Å². The van der Waals surface area contributed by atoms with Gasteiger partial charge in [-0.15, -0.1) is 6.58 Å². The van der Waals surface area contributed by atoms with Crippen LogP contribution in [0.25, 0.3) is 16.8 Å². The Hall–Kier alpha value is -2.66. The van der Waals surface area contributed by atoms with E-state index >= 15 is 0 Å². The summed E-state index contributed by atoms with van der Waals surface area (Å²) in [6, 6.07) is 10.3. The summed E-state index contributed by atoms with van der Waals surface area (Å²) >= 11 is 0. The number of anilines is 1. The first-order valence-electron chi connectivity index (χ1n) is 8.66. The molecule has 1 aliphatic heterocycles. The average molecular weight is 334 g/mol. The second-order valence-corrected chi connectivity index (χ2v) is 6.25. The highest BCUT2D eigenvalue weighted by atomic mass is 16.5. The molecule has 0 unspecified atom stereocenters. The van der Waals surface area contributed by atoms with Crippen molar-refractivity contribution in [1.29, 1.82) is 0 Å². The number of hydrogen-bond donors (Lipinski definition) is 0. The Kier molecular flexibility index (Phi) is 4.24. The van der Waals surface area contributed by atoms with Gasteiger partial charge in [-0.2, -0.15) is 9.61 Å². The molecule has 1 saturated heterocycles. The number of fused-ring (bicyclic) bond motifs is 1. The van der Waals surface area contributed by atoms with E-state index in [2.05, 4.69) is 30.5 Å². The van der Waals surface area contributed by atoms with Gasteiger partial charge >= 0.3 is 0 Å². The van der Waals surface area contributed by atoms with E-state index in [-0.39, 0.29) is 0 Å². The fraction of sp³-hybridized carbons (Fsp3) is 0.300. The van der Waals surface area contributed by atoms with Crippen LogP contribution in [0.1, 0.15) is 11.3 Å². The molecule has 2 aromatic heterocycles. The molecule has 0 spiro atoms. The zero-order chi connectivity index (χ0) is 17.2. The summed E-state index contributed by atoms with van der Waals surface area (Å²) in [6.07, 6.45) is 4.63. The smallest absolute Gasteiger partial charge is 0.165 e. The largest absolute Gasteiger partial charge is 0.378 e. The van der Waals surface area contributed by atoms with Gasteiger partial charge in [0.25, 0.3) is 0 Å². The van der Waals surface area contributed by atoms with Crippen molar-refractivity contribution in [3.8, 4) is 11.1 Å². The van der Waals surface area contributed by atoms with Crippen LogP contribution >= 0.6 is 0 Å². The number of hydrogen-bond acceptors (Lipinski definition) is 4. The molecule has 4 rings (SSSR count). The summed E-state index contributed by atoms with van der Waals surface area (Å²) in [5, 5.41) is 4.69. The molecule has 0 bridgehead atoms. The number of aryl methyl sites for hydroxylation is 1. The average Bonchev–Trinajstić information content (AvgIpc) is 3.07. The lowest BCUT2D eigenvalue weighted by Gasteiger charge is -2.31. The van der Waals surface area contributed by atoms with Crippen molar-refractivity contribution < 1.29 is 4.74 Å². The molecule has 1 aromatic carbocycles. The number of aromatic nitrogens is 3. The minimum Gasteiger partial charge on any atom is -0.378 e. The maximum absolute atomic E-state index is 5.53. The quantitative estimate of drug-likeness (QED) is 0.687. The summed E-state index contributed by atoms with van der Waals surface area (Å²) < 4.78 is 7.52. The summed E-state index contributed by atoms with van der Waals surface area (Å²) in [5.41, 5.74) is 5.31. The molecular formula is C20H22N4O. The van der Waals surface area contributed by atoms with Gasteiger partial charge in [-0.25, -0.2) is 4.98 Å². The Balaban J connectivity index is 1.94. The van der Waals surface area contributed by atoms with Crippen molar-refractivity contribution in [2.75, 3.05) is 31.2 Å². The molecular weight excluding hydrogens is 312 g/mol. The molecule has 0 amide bonds. The van der Waals surface area contributed by atoms with Crippen LogP contribution in [-0.4, -0.2) is 40.9 Å². The summed E-state index contributed by atoms with van der Waals surface area (Å²) in [4.78, 5) is 7.23. The third-order valence-corrected chi connectivity index (χ3v) is 4.67. The molecule has 0 saturated carbocycles. The first-order chi connectivity index (χ1) is 12.3. The monoisotopic (exact) mass is 334 g/mol. The first kappa shape index (κ1) is 15.8. The lowest BCUT2D eigenvalue weighted by atomic mass is 10.1. The molecule has 0 radical (unpaired) electrons. The van der Waals surface area contributed by atoms with E-state index < -0.39 is 0 Å². The molecule has 0 N–H and O–H groups in total. The van der Waals surface area contributed by atoms with Crippen LogP contribution in [0, 0.1) is 6.92 Å². The van der Waals surface area contributed by atoms with Crippen molar-refractivity contribution in [2.24, 2.45) is 0 Å². The van der Waals surface area contributed by atoms with E-state index in [1.807, 2.05) is 35.0 Å². The Morgan fingerprint density at radius 3 is 2.68 bits per heavy atom. The molecule has 3 aromatic rings. The summed E-state index contributed by atoms with van der Waals surface area (Å²) in [7, 11) is 0. The summed E-state index contributed by atoms with van der Waals surface area (Å²) in [6.45, 7) is 9.20. The van der Waals surface area contributed by atoms with Crippen molar-refractivity contribution in [1.82, 2.24) is 14.6 Å². The van der Waals surface area contributed by atoms with E-state index in [4.69, 9.17) is 14.8 Å². The molecule has 1 aliphatic rings. The van der Waals surface area contributed by atoms with Gasteiger partial charge in [0.2, 0.25) is 0 Å². The first-order valence-corrected chi connectivity index (χ1v) is 8.66. The van der Waals surface area contributed by atoms with Gasteiger partial charge in [-0.3, -0.25) is 0 Å². The van der Waals surface area contributed by atoms with Gasteiger partial charge in [0.15, 0.2) is 5.65 Å². The minimum absolute atomic E-state index is 0.739. The number of rotatable bonds is 4. The Morgan fingerprint density at radius 2 is 1.96 bits per heavy atom.